The van der Waals surface area contributed by atoms with E-state index in [4.69, 9.17) is 21.1 Å². The van der Waals surface area contributed by atoms with Crippen LogP contribution in [-0.4, -0.2) is 27.6 Å². The highest BCUT2D eigenvalue weighted by molar-refractivity contribution is 6.21. The van der Waals surface area contributed by atoms with E-state index in [1.165, 1.54) is 10.8 Å². The second-order valence-electron chi connectivity index (χ2n) is 8.95. The van der Waals surface area contributed by atoms with Crippen molar-refractivity contribution >= 4 is 11.6 Å². The number of nitrogens with zero attached hydrogens (tertiary/aromatic N) is 1. The Morgan fingerprint density at radius 3 is 1.92 bits per heavy atom. The van der Waals surface area contributed by atoms with Crippen LogP contribution in [0.2, 0.25) is 0 Å². The van der Waals surface area contributed by atoms with E-state index in [1.807, 2.05) is 54.6 Å². The van der Waals surface area contributed by atoms with E-state index in [2.05, 4.69) is 41.4 Å². The summed E-state index contributed by atoms with van der Waals surface area (Å²) in [5, 5.41) is -0.380. The van der Waals surface area contributed by atoms with Crippen LogP contribution in [0, 0.1) is 6.92 Å². The minimum Gasteiger partial charge on any atom is -0.358 e. The van der Waals surface area contributed by atoms with Crippen molar-refractivity contribution in [3.8, 4) is 0 Å². The molecule has 7 heteroatoms. The number of aryl methyl sites for hydroxylation is 1. The molecule has 6 nitrogen and oxygen atoms in total. The highest BCUT2D eigenvalue weighted by Crippen LogP contribution is 2.42. The van der Waals surface area contributed by atoms with Gasteiger partial charge < -0.3 is 9.47 Å². The fourth-order valence-corrected chi connectivity index (χ4v) is 5.07. The van der Waals surface area contributed by atoms with E-state index < -0.39 is 29.2 Å². The van der Waals surface area contributed by atoms with E-state index in [0.29, 0.717) is 12.0 Å². The van der Waals surface area contributed by atoms with Crippen molar-refractivity contribution in [2.24, 2.45) is 0 Å². The predicted octanol–water partition coefficient (Wildman–Crippen LogP) is 4.75. The first kappa shape index (κ1) is 24.3. The van der Waals surface area contributed by atoms with Crippen LogP contribution in [0.4, 0.5) is 0 Å². The molecule has 3 aromatic carbocycles. The summed E-state index contributed by atoms with van der Waals surface area (Å²) in [7, 11) is 0. The molecular weight excluding hydrogens is 476 g/mol. The Bertz CT molecular complexity index is 1320. The van der Waals surface area contributed by atoms with Crippen LogP contribution < -0.4 is 11.2 Å². The van der Waals surface area contributed by atoms with Crippen molar-refractivity contribution in [3.63, 3.8) is 0 Å². The lowest BCUT2D eigenvalue weighted by molar-refractivity contribution is -0.0768. The molecular formula is C29H27ClN2O4. The molecule has 1 fully saturated rings. The highest BCUT2D eigenvalue weighted by atomic mass is 35.5. The molecule has 5 rings (SSSR count). The van der Waals surface area contributed by atoms with E-state index in [0.717, 1.165) is 16.7 Å². The summed E-state index contributed by atoms with van der Waals surface area (Å²) in [5.41, 5.74) is 1.55. The monoisotopic (exact) mass is 502 g/mol. The van der Waals surface area contributed by atoms with Gasteiger partial charge in [-0.1, -0.05) is 91.0 Å². The Hall–Kier alpha value is -3.45. The predicted molar refractivity (Wildman–Crippen MR) is 139 cm³/mol. The van der Waals surface area contributed by atoms with Gasteiger partial charge in [-0.3, -0.25) is 14.3 Å². The van der Waals surface area contributed by atoms with Crippen LogP contribution in [0.1, 0.15) is 34.9 Å². The molecule has 3 atom stereocenters. The maximum Gasteiger partial charge on any atom is 0.330 e. The van der Waals surface area contributed by atoms with Gasteiger partial charge in [0, 0.05) is 18.2 Å². The van der Waals surface area contributed by atoms with Gasteiger partial charge in [0.2, 0.25) is 0 Å². The van der Waals surface area contributed by atoms with Gasteiger partial charge in [-0.15, -0.1) is 11.6 Å². The van der Waals surface area contributed by atoms with Gasteiger partial charge in [0.05, 0.1) is 18.1 Å². The molecule has 0 unspecified atom stereocenters. The maximum atomic E-state index is 12.4. The van der Waals surface area contributed by atoms with Gasteiger partial charge in [0.15, 0.2) is 0 Å². The maximum absolute atomic E-state index is 12.4. The number of aromatic nitrogens is 2. The Morgan fingerprint density at radius 2 is 1.42 bits per heavy atom. The number of rotatable bonds is 7. The molecule has 1 N–H and O–H groups in total. The van der Waals surface area contributed by atoms with Gasteiger partial charge in [0.25, 0.3) is 5.56 Å². The third kappa shape index (κ3) is 4.55. The lowest BCUT2D eigenvalue weighted by Gasteiger charge is -2.37. The topological polar surface area (TPSA) is 73.3 Å². The average Bonchev–Trinajstić information content (AvgIpc) is 3.28. The number of aromatic amines is 1. The van der Waals surface area contributed by atoms with E-state index in [-0.39, 0.29) is 12.0 Å². The Balaban J connectivity index is 1.50. The van der Waals surface area contributed by atoms with Crippen molar-refractivity contribution in [1.29, 1.82) is 0 Å². The third-order valence-corrected chi connectivity index (χ3v) is 7.08. The molecule has 1 aromatic heterocycles. The first-order chi connectivity index (χ1) is 17.5. The zero-order valence-electron chi connectivity index (χ0n) is 19.8. The van der Waals surface area contributed by atoms with Crippen molar-refractivity contribution in [1.82, 2.24) is 9.55 Å². The summed E-state index contributed by atoms with van der Waals surface area (Å²) in [6.07, 6.45) is 0.867. The fourth-order valence-electron chi connectivity index (χ4n) is 4.79. The molecule has 1 aliphatic heterocycles. The van der Waals surface area contributed by atoms with Crippen molar-refractivity contribution in [2.75, 3.05) is 6.61 Å². The molecule has 0 radical (unpaired) electrons. The summed E-state index contributed by atoms with van der Waals surface area (Å²) in [4.78, 5) is 26.5. The average molecular weight is 503 g/mol. The van der Waals surface area contributed by atoms with Crippen LogP contribution in [0.3, 0.4) is 0 Å². The van der Waals surface area contributed by atoms with Gasteiger partial charge in [0.1, 0.15) is 11.8 Å². The second kappa shape index (κ2) is 10.3. The van der Waals surface area contributed by atoms with Gasteiger partial charge in [-0.05, 0) is 23.6 Å². The van der Waals surface area contributed by atoms with Crippen LogP contribution in [0.15, 0.2) is 107 Å². The molecule has 2 heterocycles. The van der Waals surface area contributed by atoms with Crippen LogP contribution in [-0.2, 0) is 15.1 Å². The minimum atomic E-state index is -0.896. The number of hydrogen-bond donors (Lipinski definition) is 1. The van der Waals surface area contributed by atoms with Crippen LogP contribution >= 0.6 is 11.6 Å². The van der Waals surface area contributed by atoms with Crippen LogP contribution in [0.5, 0.6) is 0 Å². The van der Waals surface area contributed by atoms with E-state index in [9.17, 15) is 9.59 Å². The number of H-pyrrole nitrogens is 1. The number of ether oxygens (including phenoxy) is 2. The van der Waals surface area contributed by atoms with Gasteiger partial charge in [-0.2, -0.15) is 0 Å². The molecule has 0 aliphatic carbocycles. The zero-order valence-corrected chi connectivity index (χ0v) is 20.6. The standard InChI is InChI=1S/C29H27ClN2O4/c1-20-18-32(28(34)31-27(20)33)26-17-24(30)25(36-26)19-35-29(21-11-5-2-6-12-21,22-13-7-3-8-14-22)23-15-9-4-10-16-23/h2-16,18,24-26H,17,19H2,1H3,(H,31,33,34)/t24-,25-,26+/m0/s1. The Morgan fingerprint density at radius 1 is 0.917 bits per heavy atom. The summed E-state index contributed by atoms with van der Waals surface area (Å²) in [6, 6.07) is 30.2. The number of hydrogen-bond acceptors (Lipinski definition) is 4. The second-order valence-corrected chi connectivity index (χ2v) is 9.51. The molecule has 0 saturated carbocycles. The third-order valence-electron chi connectivity index (χ3n) is 6.62. The summed E-state index contributed by atoms with van der Waals surface area (Å²) < 4.78 is 14.5. The van der Waals surface area contributed by atoms with Crippen molar-refractivity contribution < 1.29 is 9.47 Å². The minimum absolute atomic E-state index is 0.195. The molecule has 0 bridgehead atoms. The molecule has 36 heavy (non-hydrogen) atoms. The first-order valence-corrected chi connectivity index (χ1v) is 12.3. The number of nitrogens with one attached hydrogen (secondary N) is 1. The normalized spacial score (nSPS) is 19.9. The quantitative estimate of drug-likeness (QED) is 0.292. The molecule has 4 aromatic rings. The van der Waals surface area contributed by atoms with E-state index >= 15 is 0 Å². The van der Waals surface area contributed by atoms with Crippen molar-refractivity contribution in [3.05, 3.63) is 140 Å². The van der Waals surface area contributed by atoms with E-state index in [1.54, 1.807) is 6.92 Å². The van der Waals surface area contributed by atoms with Gasteiger partial charge >= 0.3 is 5.69 Å². The fraction of sp³-hybridized carbons (Fsp3) is 0.241. The largest absolute Gasteiger partial charge is 0.358 e. The highest BCUT2D eigenvalue weighted by Gasteiger charge is 2.41. The number of alkyl halides is 1. The number of benzene rings is 3. The molecule has 1 aliphatic rings. The molecule has 1 saturated heterocycles. The van der Waals surface area contributed by atoms with Crippen molar-refractivity contribution in [2.45, 2.75) is 36.7 Å². The Kier molecular flexibility index (Phi) is 6.92. The summed E-state index contributed by atoms with van der Waals surface area (Å²) >= 11 is 6.72. The SMILES string of the molecule is Cc1cn([C@H]2C[C@H](Cl)[C@H](COC(c3ccccc3)(c3ccccc3)c3ccccc3)O2)c(=O)[nH]c1=O. The molecule has 0 amide bonds. The number of halogens is 1. The van der Waals surface area contributed by atoms with Gasteiger partial charge in [-0.25, -0.2) is 4.79 Å². The Labute approximate surface area is 214 Å². The summed E-state index contributed by atoms with van der Waals surface area (Å²) in [5.74, 6) is 0. The zero-order chi connectivity index (χ0) is 25.1. The molecule has 184 valence electrons. The smallest absolute Gasteiger partial charge is 0.330 e. The molecule has 0 spiro atoms. The lowest BCUT2D eigenvalue weighted by Crippen LogP contribution is -2.37. The van der Waals surface area contributed by atoms with Crippen LogP contribution in [0.25, 0.3) is 0 Å². The lowest BCUT2D eigenvalue weighted by atomic mass is 9.80. The first-order valence-electron chi connectivity index (χ1n) is 11.9. The summed E-state index contributed by atoms with van der Waals surface area (Å²) in [6.45, 7) is 1.84.